The van der Waals surface area contributed by atoms with Crippen molar-refractivity contribution in [3.05, 3.63) is 48.0 Å². The Hall–Kier alpha value is -2.17. The molecule has 2 aromatic heterocycles. The summed E-state index contributed by atoms with van der Waals surface area (Å²) in [5.41, 5.74) is 3.46. The van der Waals surface area contributed by atoms with Crippen LogP contribution in [0.25, 0.3) is 11.2 Å². The Kier molecular flexibility index (Phi) is 6.97. The molecule has 0 bridgehead atoms. The SMILES string of the molecule is Cc1ccc(CNc2ncnc3c2ncn3[C@H]2CC[C@@H](COP(=O)(O)CP(=O)(O)O)O2)cc1. The normalized spacial score (nSPS) is 20.7. The first-order valence-electron chi connectivity index (χ1n) is 10.2. The van der Waals surface area contributed by atoms with Gasteiger partial charge in [0.15, 0.2) is 22.9 Å². The van der Waals surface area contributed by atoms with Gasteiger partial charge in [-0.15, -0.1) is 0 Å². The van der Waals surface area contributed by atoms with Crippen LogP contribution in [0.2, 0.25) is 0 Å². The Morgan fingerprint density at radius 1 is 1.15 bits per heavy atom. The molecule has 1 aliphatic heterocycles. The van der Waals surface area contributed by atoms with Crippen molar-refractivity contribution in [1.29, 1.82) is 0 Å². The van der Waals surface area contributed by atoms with Crippen molar-refractivity contribution in [2.24, 2.45) is 0 Å². The largest absolute Gasteiger partial charge is 0.364 e. The number of aromatic nitrogens is 4. The smallest absolute Gasteiger partial charge is 0.340 e. The number of nitrogens with one attached hydrogen (secondary N) is 1. The summed E-state index contributed by atoms with van der Waals surface area (Å²) in [6, 6.07) is 8.17. The topological polar surface area (TPSA) is 169 Å². The summed E-state index contributed by atoms with van der Waals surface area (Å²) in [4.78, 5) is 40.5. The van der Waals surface area contributed by atoms with E-state index in [1.54, 1.807) is 10.9 Å². The number of anilines is 1. The van der Waals surface area contributed by atoms with Gasteiger partial charge in [0.2, 0.25) is 0 Å². The minimum atomic E-state index is -4.67. The molecule has 1 aliphatic rings. The molecule has 1 saturated heterocycles. The Bertz CT molecular complexity index is 1210. The number of rotatable bonds is 9. The van der Waals surface area contributed by atoms with Gasteiger partial charge < -0.3 is 29.3 Å². The maximum atomic E-state index is 11.8. The van der Waals surface area contributed by atoms with Crippen molar-refractivity contribution in [3.63, 3.8) is 0 Å². The van der Waals surface area contributed by atoms with Gasteiger partial charge in [-0.25, -0.2) is 15.0 Å². The minimum Gasteiger partial charge on any atom is -0.364 e. The van der Waals surface area contributed by atoms with Gasteiger partial charge in [0.05, 0.1) is 19.0 Å². The van der Waals surface area contributed by atoms with E-state index >= 15 is 0 Å². The molecule has 0 saturated carbocycles. The van der Waals surface area contributed by atoms with Crippen molar-refractivity contribution < 1.29 is 33.1 Å². The van der Waals surface area contributed by atoms with Crippen LogP contribution in [0.5, 0.6) is 0 Å². The van der Waals surface area contributed by atoms with Crippen LogP contribution in [0.4, 0.5) is 5.82 Å². The fourth-order valence-electron chi connectivity index (χ4n) is 3.57. The fourth-order valence-corrected chi connectivity index (χ4v) is 6.16. The second-order valence-corrected chi connectivity index (χ2v) is 11.9. The van der Waals surface area contributed by atoms with Crippen LogP contribution in [-0.2, 0) is 24.9 Å². The average Bonchev–Trinajstić information content (AvgIpc) is 3.37. The highest BCUT2D eigenvalue weighted by molar-refractivity contribution is 7.70. The molecule has 3 heterocycles. The zero-order valence-corrected chi connectivity index (χ0v) is 19.6. The van der Waals surface area contributed by atoms with Crippen LogP contribution < -0.4 is 5.32 Å². The molecule has 12 nitrogen and oxygen atoms in total. The molecule has 0 radical (unpaired) electrons. The van der Waals surface area contributed by atoms with Gasteiger partial charge in [-0.2, -0.15) is 0 Å². The standard InChI is InChI=1S/C19H25N5O7P2/c1-13-2-4-14(5-3-13)8-20-18-17-19(22-10-21-18)24(11-23-17)16-7-6-15(31-16)9-30-33(28,29)12-32(25,26)27/h2-5,10-11,15-16H,6-9,12H2,1H3,(H,28,29)(H,20,21,22)(H2,25,26,27)/t15-,16+/m0/s1. The highest BCUT2D eigenvalue weighted by Crippen LogP contribution is 2.55. The van der Waals surface area contributed by atoms with Crippen LogP contribution in [0.15, 0.2) is 36.9 Å². The molecule has 0 spiro atoms. The first-order chi connectivity index (χ1) is 15.6. The quantitative estimate of drug-likeness (QED) is 0.321. The molecule has 178 valence electrons. The molecule has 33 heavy (non-hydrogen) atoms. The lowest BCUT2D eigenvalue weighted by atomic mass is 10.1. The molecular formula is C19H25N5O7P2. The van der Waals surface area contributed by atoms with Gasteiger partial charge in [-0.3, -0.25) is 13.7 Å². The number of fused-ring (bicyclic) bond motifs is 1. The van der Waals surface area contributed by atoms with E-state index < -0.39 is 33.4 Å². The summed E-state index contributed by atoms with van der Waals surface area (Å²) in [6.07, 6.45) is 3.24. The van der Waals surface area contributed by atoms with Crippen molar-refractivity contribution in [2.75, 3.05) is 17.8 Å². The number of benzene rings is 1. The van der Waals surface area contributed by atoms with E-state index in [4.69, 9.17) is 19.0 Å². The summed E-state index contributed by atoms with van der Waals surface area (Å²) >= 11 is 0. The second kappa shape index (κ2) is 9.60. The zero-order chi connectivity index (χ0) is 23.6. The van der Waals surface area contributed by atoms with E-state index in [0.717, 1.165) is 5.56 Å². The van der Waals surface area contributed by atoms with Gasteiger partial charge in [-0.05, 0) is 25.3 Å². The third-order valence-electron chi connectivity index (χ3n) is 5.16. The lowest BCUT2D eigenvalue weighted by Crippen LogP contribution is -2.16. The van der Waals surface area contributed by atoms with Crippen molar-refractivity contribution in [3.8, 4) is 0 Å². The van der Waals surface area contributed by atoms with Crippen LogP contribution in [0.1, 0.15) is 30.2 Å². The van der Waals surface area contributed by atoms with Gasteiger partial charge in [0, 0.05) is 6.54 Å². The van der Waals surface area contributed by atoms with E-state index in [2.05, 4.69) is 20.3 Å². The third-order valence-corrected chi connectivity index (χ3v) is 8.62. The van der Waals surface area contributed by atoms with Gasteiger partial charge in [0.25, 0.3) is 0 Å². The molecule has 1 unspecified atom stereocenters. The minimum absolute atomic E-state index is 0.255. The summed E-state index contributed by atoms with van der Waals surface area (Å²) in [7, 11) is -9.09. The number of hydrogen-bond acceptors (Lipinski definition) is 8. The van der Waals surface area contributed by atoms with E-state index in [1.807, 2.05) is 31.2 Å². The molecule has 3 atom stereocenters. The zero-order valence-electron chi connectivity index (χ0n) is 17.8. The highest BCUT2D eigenvalue weighted by atomic mass is 31.2. The number of imidazole rings is 1. The molecule has 0 aliphatic carbocycles. The van der Waals surface area contributed by atoms with Crippen molar-refractivity contribution >= 4 is 32.2 Å². The lowest BCUT2D eigenvalue weighted by Gasteiger charge is -2.17. The monoisotopic (exact) mass is 497 g/mol. The number of hydrogen-bond donors (Lipinski definition) is 4. The van der Waals surface area contributed by atoms with Gasteiger partial charge in [0.1, 0.15) is 12.6 Å². The average molecular weight is 497 g/mol. The van der Waals surface area contributed by atoms with Gasteiger partial charge in [-0.1, -0.05) is 29.8 Å². The second-order valence-electron chi connectivity index (χ2n) is 7.91. The third kappa shape index (κ3) is 6.24. The van der Waals surface area contributed by atoms with Crippen LogP contribution >= 0.6 is 15.2 Å². The first-order valence-corrected chi connectivity index (χ1v) is 13.8. The number of nitrogens with zero attached hydrogens (tertiary/aromatic N) is 4. The summed E-state index contributed by atoms with van der Waals surface area (Å²) < 4.78 is 35.4. The van der Waals surface area contributed by atoms with Gasteiger partial charge >= 0.3 is 15.2 Å². The molecule has 0 amide bonds. The van der Waals surface area contributed by atoms with Crippen molar-refractivity contribution in [1.82, 2.24) is 19.5 Å². The maximum Gasteiger partial charge on any atom is 0.340 e. The van der Waals surface area contributed by atoms with E-state index in [9.17, 15) is 14.0 Å². The van der Waals surface area contributed by atoms with Crippen molar-refractivity contribution in [2.45, 2.75) is 38.6 Å². The molecule has 4 N–H and O–H groups in total. The summed E-state index contributed by atoms with van der Waals surface area (Å²) in [5, 5.41) is 3.28. The van der Waals surface area contributed by atoms with E-state index in [-0.39, 0.29) is 6.61 Å². The highest BCUT2D eigenvalue weighted by Gasteiger charge is 2.34. The molecular weight excluding hydrogens is 472 g/mol. The first kappa shape index (κ1) is 24.0. The van der Waals surface area contributed by atoms with E-state index in [0.29, 0.717) is 36.4 Å². The predicted octanol–water partition coefficient (Wildman–Crippen LogP) is 2.76. The van der Waals surface area contributed by atoms with E-state index in [1.165, 1.54) is 11.9 Å². The Morgan fingerprint density at radius 3 is 2.64 bits per heavy atom. The Morgan fingerprint density at radius 2 is 1.91 bits per heavy atom. The molecule has 4 rings (SSSR count). The molecule has 1 fully saturated rings. The molecule has 1 aromatic carbocycles. The summed E-state index contributed by atoms with van der Waals surface area (Å²) in [6.45, 7) is 2.36. The molecule has 14 heteroatoms. The number of ether oxygens (including phenoxy) is 1. The predicted molar refractivity (Wildman–Crippen MR) is 120 cm³/mol. The lowest BCUT2D eigenvalue weighted by molar-refractivity contribution is -0.0173. The van der Waals surface area contributed by atoms with Crippen LogP contribution in [0.3, 0.4) is 0 Å². The fraction of sp³-hybridized carbons (Fsp3) is 0.421. The molecule has 3 aromatic rings. The van der Waals surface area contributed by atoms with Crippen LogP contribution in [0, 0.1) is 6.92 Å². The Balaban J connectivity index is 1.40. The number of aryl methyl sites for hydroxylation is 1. The Labute approximate surface area is 189 Å². The van der Waals surface area contributed by atoms with Crippen LogP contribution in [-0.4, -0.2) is 52.8 Å². The summed E-state index contributed by atoms with van der Waals surface area (Å²) in [5.74, 6) is -0.631. The maximum absolute atomic E-state index is 11.8.